The third-order valence-electron chi connectivity index (χ3n) is 4.11. The van der Waals surface area contributed by atoms with E-state index in [2.05, 4.69) is 13.8 Å². The van der Waals surface area contributed by atoms with Crippen LogP contribution in [0.4, 0.5) is 11.4 Å². The lowest BCUT2D eigenvalue weighted by Crippen LogP contribution is -2.27. The molecule has 0 aliphatic rings. The average Bonchev–Trinajstić information content (AvgIpc) is 2.74. The van der Waals surface area contributed by atoms with E-state index in [9.17, 15) is 9.59 Å². The molecule has 0 heterocycles. The number of nitrogens with zero attached hydrogens (tertiary/aromatic N) is 2. The molecule has 2 rings (SSSR count). The second kappa shape index (κ2) is 12.5. The predicted molar refractivity (Wildman–Crippen MR) is 122 cm³/mol. The Hall–Kier alpha value is -1.92. The summed E-state index contributed by atoms with van der Waals surface area (Å²) in [6.45, 7) is 4.15. The van der Waals surface area contributed by atoms with E-state index >= 15 is 0 Å². The molecule has 0 N–H and O–H groups in total. The van der Waals surface area contributed by atoms with E-state index in [0.717, 1.165) is 37.1 Å². The second-order valence-corrected chi connectivity index (χ2v) is 8.33. The van der Waals surface area contributed by atoms with Crippen molar-refractivity contribution in [3.63, 3.8) is 0 Å². The highest BCUT2D eigenvalue weighted by atomic mass is 33.1. The molecule has 150 valence electrons. The van der Waals surface area contributed by atoms with Crippen LogP contribution < -0.4 is 8.61 Å². The van der Waals surface area contributed by atoms with E-state index in [4.69, 9.17) is 0 Å². The van der Waals surface area contributed by atoms with Gasteiger partial charge in [-0.25, -0.2) is 8.61 Å². The molecule has 0 bridgehead atoms. The third-order valence-corrected chi connectivity index (χ3v) is 6.39. The monoisotopic (exact) mass is 416 g/mol. The Morgan fingerprint density at radius 2 is 1.04 bits per heavy atom. The van der Waals surface area contributed by atoms with Gasteiger partial charge in [-0.05, 0) is 37.1 Å². The summed E-state index contributed by atoms with van der Waals surface area (Å²) in [6.07, 6.45) is 4.63. The van der Waals surface area contributed by atoms with E-state index in [1.165, 1.54) is 22.0 Å². The fourth-order valence-electron chi connectivity index (χ4n) is 2.51. The number of unbranched alkanes of at least 4 members (excludes halogenated alkanes) is 2. The van der Waals surface area contributed by atoms with E-state index in [0.29, 0.717) is 12.8 Å². The van der Waals surface area contributed by atoms with Gasteiger partial charge in [-0.1, -0.05) is 63.1 Å². The Bertz CT molecular complexity index is 662. The highest BCUT2D eigenvalue weighted by Crippen LogP contribution is 2.38. The first-order chi connectivity index (χ1) is 13.7. The van der Waals surface area contributed by atoms with Crippen LogP contribution in [0.15, 0.2) is 60.7 Å². The lowest BCUT2D eigenvalue weighted by Gasteiger charge is -2.25. The molecule has 0 radical (unpaired) electrons. The smallest absolute Gasteiger partial charge is 0.237 e. The number of hydrogen-bond acceptors (Lipinski definition) is 4. The third kappa shape index (κ3) is 6.91. The van der Waals surface area contributed by atoms with Gasteiger partial charge in [-0.15, -0.1) is 0 Å². The summed E-state index contributed by atoms with van der Waals surface area (Å²) in [4.78, 5) is 25.6. The molecule has 0 spiro atoms. The maximum Gasteiger partial charge on any atom is 0.237 e. The first-order valence-electron chi connectivity index (χ1n) is 9.78. The minimum atomic E-state index is 0.0552. The quantitative estimate of drug-likeness (QED) is 0.304. The van der Waals surface area contributed by atoms with Crippen molar-refractivity contribution < 1.29 is 9.59 Å². The van der Waals surface area contributed by atoms with Crippen LogP contribution in [-0.2, 0) is 9.59 Å². The topological polar surface area (TPSA) is 40.6 Å². The van der Waals surface area contributed by atoms with Crippen molar-refractivity contribution in [3.8, 4) is 0 Å². The number of carbonyl (C=O) groups excluding carboxylic acids is 2. The molecule has 2 aromatic rings. The normalized spacial score (nSPS) is 10.5. The summed E-state index contributed by atoms with van der Waals surface area (Å²) < 4.78 is 3.40. The SMILES string of the molecule is CCCCC(=O)N(SSN(C(=O)CCCC)c1ccccc1)c1ccccc1. The Morgan fingerprint density at radius 3 is 1.36 bits per heavy atom. The number of rotatable bonds is 11. The van der Waals surface area contributed by atoms with Crippen LogP contribution in [0, 0.1) is 0 Å². The van der Waals surface area contributed by atoms with Crippen molar-refractivity contribution >= 4 is 45.1 Å². The number of para-hydroxylation sites is 2. The molecule has 0 fully saturated rings. The zero-order valence-electron chi connectivity index (χ0n) is 16.5. The minimum Gasteiger partial charge on any atom is -0.274 e. The molecule has 4 nitrogen and oxygen atoms in total. The van der Waals surface area contributed by atoms with Crippen LogP contribution in [0.3, 0.4) is 0 Å². The molecule has 0 aliphatic carbocycles. The van der Waals surface area contributed by atoms with Crippen LogP contribution in [-0.4, -0.2) is 11.8 Å². The van der Waals surface area contributed by atoms with Gasteiger partial charge in [-0.3, -0.25) is 9.59 Å². The van der Waals surface area contributed by atoms with Gasteiger partial charge in [0.2, 0.25) is 11.8 Å². The Morgan fingerprint density at radius 1 is 0.679 bits per heavy atom. The molecule has 2 aromatic carbocycles. The molecule has 0 saturated heterocycles. The van der Waals surface area contributed by atoms with Gasteiger partial charge in [0.15, 0.2) is 0 Å². The number of hydrogen-bond donors (Lipinski definition) is 0. The van der Waals surface area contributed by atoms with Gasteiger partial charge in [-0.2, -0.15) is 0 Å². The maximum atomic E-state index is 12.8. The summed E-state index contributed by atoms with van der Waals surface area (Å²) in [5.74, 6) is 0.110. The zero-order valence-corrected chi connectivity index (χ0v) is 18.2. The minimum absolute atomic E-state index is 0.0552. The summed E-state index contributed by atoms with van der Waals surface area (Å²) in [6, 6.07) is 19.2. The predicted octanol–water partition coefficient (Wildman–Crippen LogP) is 6.64. The van der Waals surface area contributed by atoms with Crippen molar-refractivity contribution in [1.29, 1.82) is 0 Å². The van der Waals surface area contributed by atoms with Crippen molar-refractivity contribution in [2.24, 2.45) is 0 Å². The van der Waals surface area contributed by atoms with Gasteiger partial charge < -0.3 is 0 Å². The molecule has 0 unspecified atom stereocenters. The Balaban J connectivity index is 2.18. The number of anilines is 2. The van der Waals surface area contributed by atoms with Crippen molar-refractivity contribution in [2.45, 2.75) is 52.4 Å². The first kappa shape index (κ1) is 22.4. The summed E-state index contributed by atoms with van der Waals surface area (Å²) in [7, 11) is 2.61. The van der Waals surface area contributed by atoms with Crippen molar-refractivity contribution in [2.75, 3.05) is 8.61 Å². The van der Waals surface area contributed by atoms with Gasteiger partial charge in [0, 0.05) is 12.8 Å². The second-order valence-electron chi connectivity index (χ2n) is 6.40. The number of benzene rings is 2. The Kier molecular flexibility index (Phi) is 10.0. The van der Waals surface area contributed by atoms with Gasteiger partial charge in [0.25, 0.3) is 0 Å². The molecule has 2 amide bonds. The number of amides is 2. The van der Waals surface area contributed by atoms with Crippen LogP contribution in [0.2, 0.25) is 0 Å². The molecule has 6 heteroatoms. The van der Waals surface area contributed by atoms with Crippen molar-refractivity contribution in [1.82, 2.24) is 0 Å². The molecule has 0 aliphatic heterocycles. The van der Waals surface area contributed by atoms with Crippen LogP contribution in [0.5, 0.6) is 0 Å². The maximum absolute atomic E-state index is 12.8. The van der Waals surface area contributed by atoms with Gasteiger partial charge in [0.05, 0.1) is 33.3 Å². The fraction of sp³-hybridized carbons (Fsp3) is 0.364. The zero-order chi connectivity index (χ0) is 20.2. The summed E-state index contributed by atoms with van der Waals surface area (Å²) in [5, 5.41) is 0. The molecule has 0 aromatic heterocycles. The molecule has 28 heavy (non-hydrogen) atoms. The highest BCUT2D eigenvalue weighted by Gasteiger charge is 2.22. The van der Waals surface area contributed by atoms with Crippen molar-refractivity contribution in [3.05, 3.63) is 60.7 Å². The van der Waals surface area contributed by atoms with Crippen LogP contribution >= 0.6 is 22.0 Å². The molecule has 0 saturated carbocycles. The first-order valence-corrected chi connectivity index (χ1v) is 11.8. The summed E-state index contributed by atoms with van der Waals surface area (Å²) >= 11 is 0. The fourth-order valence-corrected chi connectivity index (χ4v) is 4.82. The van der Waals surface area contributed by atoms with Gasteiger partial charge in [0.1, 0.15) is 0 Å². The highest BCUT2D eigenvalue weighted by molar-refractivity contribution is 8.78. The van der Waals surface area contributed by atoms with Crippen LogP contribution in [0.25, 0.3) is 0 Å². The Labute approximate surface area is 176 Å². The standard InChI is InChI=1S/C22H28N2O2S2/c1-3-5-17-21(25)23(19-13-9-7-10-14-19)27-28-24(22(26)18-6-4-2)20-15-11-8-12-16-20/h7-16H,3-6,17-18H2,1-2H3. The average molecular weight is 417 g/mol. The lowest BCUT2D eigenvalue weighted by molar-refractivity contribution is -0.118. The van der Waals surface area contributed by atoms with E-state index in [1.807, 2.05) is 60.7 Å². The van der Waals surface area contributed by atoms with E-state index in [-0.39, 0.29) is 11.8 Å². The number of carbonyl (C=O) groups is 2. The lowest BCUT2D eigenvalue weighted by atomic mass is 10.2. The molecular weight excluding hydrogens is 388 g/mol. The van der Waals surface area contributed by atoms with E-state index < -0.39 is 0 Å². The molecular formula is C22H28N2O2S2. The summed E-state index contributed by atoms with van der Waals surface area (Å²) in [5.41, 5.74) is 1.66. The molecule has 0 atom stereocenters. The largest absolute Gasteiger partial charge is 0.274 e. The van der Waals surface area contributed by atoms with Gasteiger partial charge >= 0.3 is 0 Å². The van der Waals surface area contributed by atoms with Crippen LogP contribution in [0.1, 0.15) is 52.4 Å². The van der Waals surface area contributed by atoms with E-state index in [1.54, 1.807) is 8.61 Å².